The molecule has 2 unspecified atom stereocenters. The van der Waals surface area contributed by atoms with E-state index in [9.17, 15) is 19.5 Å². The molecule has 0 aliphatic carbocycles. The molecule has 25 heavy (non-hydrogen) atoms. The molecule has 8 heteroatoms. The van der Waals surface area contributed by atoms with Crippen molar-refractivity contribution in [3.8, 4) is 0 Å². The molecule has 0 aromatic heterocycles. The zero-order chi connectivity index (χ0) is 19.0. The summed E-state index contributed by atoms with van der Waals surface area (Å²) in [6.45, 7) is 4.98. The molecule has 1 aromatic rings. The van der Waals surface area contributed by atoms with Crippen molar-refractivity contribution in [3.05, 3.63) is 35.9 Å². The Labute approximate surface area is 146 Å². The van der Waals surface area contributed by atoms with Crippen molar-refractivity contribution in [2.24, 2.45) is 11.7 Å². The standard InChI is InChI=1S/C17H25N3O5/c1-11(2)10-20(25-16(23)12(3)21)17(24)19-14(15(18)22)9-13-7-5-4-6-8-13/h4-8,11-12,14,21H,9-10H2,1-3H3,(H2,18,22)(H,19,24). The van der Waals surface area contributed by atoms with Gasteiger partial charge < -0.3 is 21.0 Å². The highest BCUT2D eigenvalue weighted by Crippen LogP contribution is 2.06. The van der Waals surface area contributed by atoms with Gasteiger partial charge in [0.25, 0.3) is 0 Å². The maximum Gasteiger partial charge on any atom is 0.360 e. The predicted octanol–water partition coefficient (Wildman–Crippen LogP) is 0.590. The average Bonchev–Trinajstić information content (AvgIpc) is 2.53. The van der Waals surface area contributed by atoms with Crippen molar-refractivity contribution in [2.45, 2.75) is 39.3 Å². The van der Waals surface area contributed by atoms with Gasteiger partial charge in [-0.2, -0.15) is 5.06 Å². The van der Waals surface area contributed by atoms with Gasteiger partial charge in [-0.1, -0.05) is 44.2 Å². The second-order valence-corrected chi connectivity index (χ2v) is 6.14. The number of nitrogens with one attached hydrogen (secondary N) is 1. The van der Waals surface area contributed by atoms with Crippen molar-refractivity contribution in [3.63, 3.8) is 0 Å². The molecule has 0 aliphatic rings. The van der Waals surface area contributed by atoms with Gasteiger partial charge in [-0.05, 0) is 18.4 Å². The first-order valence-electron chi connectivity index (χ1n) is 8.01. The van der Waals surface area contributed by atoms with Crippen LogP contribution in [0.3, 0.4) is 0 Å². The second kappa shape index (κ2) is 9.63. The number of carbonyl (C=O) groups is 3. The van der Waals surface area contributed by atoms with Crippen LogP contribution in [-0.4, -0.2) is 46.8 Å². The fourth-order valence-electron chi connectivity index (χ4n) is 1.97. The largest absolute Gasteiger partial charge is 0.382 e. The molecule has 4 N–H and O–H groups in total. The minimum absolute atomic E-state index is 0.00583. The van der Waals surface area contributed by atoms with Crippen LogP contribution in [0, 0.1) is 5.92 Å². The van der Waals surface area contributed by atoms with E-state index in [0.717, 1.165) is 10.6 Å². The molecule has 0 radical (unpaired) electrons. The zero-order valence-electron chi connectivity index (χ0n) is 14.6. The van der Waals surface area contributed by atoms with Crippen LogP contribution in [0.1, 0.15) is 26.3 Å². The first-order chi connectivity index (χ1) is 11.7. The summed E-state index contributed by atoms with van der Waals surface area (Å²) >= 11 is 0. The minimum atomic E-state index is -1.38. The molecule has 1 aromatic carbocycles. The highest BCUT2D eigenvalue weighted by molar-refractivity contribution is 5.86. The van der Waals surface area contributed by atoms with Crippen LogP contribution in [0.15, 0.2) is 30.3 Å². The molecule has 0 aliphatic heterocycles. The molecule has 8 nitrogen and oxygen atoms in total. The molecule has 0 bridgehead atoms. The van der Waals surface area contributed by atoms with Crippen LogP contribution in [0.5, 0.6) is 0 Å². The Hall–Kier alpha value is -2.61. The van der Waals surface area contributed by atoms with Crippen LogP contribution in [0.4, 0.5) is 4.79 Å². The lowest BCUT2D eigenvalue weighted by Crippen LogP contribution is -2.52. The summed E-state index contributed by atoms with van der Waals surface area (Å²) in [5.41, 5.74) is 6.19. The van der Waals surface area contributed by atoms with E-state index in [0.29, 0.717) is 0 Å². The quantitative estimate of drug-likeness (QED) is 0.621. The summed E-state index contributed by atoms with van der Waals surface area (Å²) in [5, 5.41) is 12.5. The third-order valence-corrected chi connectivity index (χ3v) is 3.22. The molecule has 2 atom stereocenters. The Bertz CT molecular complexity index is 589. The molecular weight excluding hydrogens is 326 g/mol. The third kappa shape index (κ3) is 7.21. The summed E-state index contributed by atoms with van der Waals surface area (Å²) in [6, 6.07) is 7.33. The number of nitrogens with zero attached hydrogens (tertiary/aromatic N) is 1. The highest BCUT2D eigenvalue weighted by atomic mass is 16.7. The van der Waals surface area contributed by atoms with Crippen LogP contribution in [-0.2, 0) is 20.8 Å². The van der Waals surface area contributed by atoms with E-state index in [1.165, 1.54) is 6.92 Å². The number of rotatable bonds is 7. The van der Waals surface area contributed by atoms with Crippen molar-refractivity contribution >= 4 is 17.9 Å². The van der Waals surface area contributed by atoms with Crippen molar-refractivity contribution in [2.75, 3.05) is 6.54 Å². The summed E-state index contributed by atoms with van der Waals surface area (Å²) in [6.07, 6.45) is -1.17. The predicted molar refractivity (Wildman–Crippen MR) is 91.0 cm³/mol. The van der Waals surface area contributed by atoms with E-state index in [4.69, 9.17) is 10.6 Å². The molecule has 0 fully saturated rings. The first kappa shape index (κ1) is 20.4. The molecule has 0 heterocycles. The Morgan fingerprint density at radius 3 is 2.28 bits per heavy atom. The lowest BCUT2D eigenvalue weighted by molar-refractivity contribution is -0.187. The number of hydrogen-bond donors (Lipinski definition) is 3. The number of aliphatic hydroxyl groups is 1. The van der Waals surface area contributed by atoms with E-state index >= 15 is 0 Å². The summed E-state index contributed by atoms with van der Waals surface area (Å²) in [4.78, 5) is 40.5. The van der Waals surface area contributed by atoms with Crippen LogP contribution >= 0.6 is 0 Å². The average molecular weight is 351 g/mol. The molecule has 0 saturated carbocycles. The van der Waals surface area contributed by atoms with E-state index in [-0.39, 0.29) is 18.9 Å². The lowest BCUT2D eigenvalue weighted by atomic mass is 10.1. The summed E-state index contributed by atoms with van der Waals surface area (Å²) in [5.74, 6) is -1.67. The monoisotopic (exact) mass is 351 g/mol. The molecular formula is C17H25N3O5. The summed E-state index contributed by atoms with van der Waals surface area (Å²) < 4.78 is 0. The minimum Gasteiger partial charge on any atom is -0.382 e. The Balaban J connectivity index is 2.82. The molecule has 138 valence electrons. The number of primary amides is 1. The van der Waals surface area contributed by atoms with Gasteiger partial charge in [0.2, 0.25) is 5.91 Å². The Morgan fingerprint density at radius 2 is 1.80 bits per heavy atom. The number of aliphatic hydroxyl groups excluding tert-OH is 1. The van der Waals surface area contributed by atoms with Gasteiger partial charge in [0.1, 0.15) is 6.04 Å². The van der Waals surface area contributed by atoms with Crippen molar-refractivity contribution in [1.29, 1.82) is 0 Å². The van der Waals surface area contributed by atoms with Gasteiger partial charge in [-0.25, -0.2) is 9.59 Å². The SMILES string of the molecule is CC(C)CN(OC(=O)C(C)O)C(=O)NC(Cc1ccccc1)C(N)=O. The number of nitrogens with two attached hydrogens (primary N) is 1. The number of hydroxylamine groups is 2. The van der Waals surface area contributed by atoms with Crippen molar-refractivity contribution in [1.82, 2.24) is 10.4 Å². The molecule has 0 spiro atoms. The van der Waals surface area contributed by atoms with Crippen LogP contribution in [0.2, 0.25) is 0 Å². The fraction of sp³-hybridized carbons (Fsp3) is 0.471. The molecule has 3 amide bonds. The Morgan fingerprint density at radius 1 is 1.20 bits per heavy atom. The zero-order valence-corrected chi connectivity index (χ0v) is 14.6. The van der Waals surface area contributed by atoms with Crippen LogP contribution in [0.25, 0.3) is 0 Å². The van der Waals surface area contributed by atoms with E-state index in [1.54, 1.807) is 12.1 Å². The van der Waals surface area contributed by atoms with E-state index in [1.807, 2.05) is 32.0 Å². The van der Waals surface area contributed by atoms with Gasteiger partial charge >= 0.3 is 12.0 Å². The van der Waals surface area contributed by atoms with Gasteiger partial charge in [-0.3, -0.25) is 4.79 Å². The maximum atomic E-state index is 12.4. The second-order valence-electron chi connectivity index (χ2n) is 6.14. The van der Waals surface area contributed by atoms with Gasteiger partial charge in [-0.15, -0.1) is 0 Å². The van der Waals surface area contributed by atoms with E-state index < -0.39 is 30.1 Å². The highest BCUT2D eigenvalue weighted by Gasteiger charge is 2.26. The van der Waals surface area contributed by atoms with Crippen molar-refractivity contribution < 1.29 is 24.3 Å². The number of urea groups is 1. The number of amides is 3. The molecule has 1 rings (SSSR count). The third-order valence-electron chi connectivity index (χ3n) is 3.22. The fourth-order valence-corrected chi connectivity index (χ4v) is 1.97. The Kier molecular flexibility index (Phi) is 7.87. The summed E-state index contributed by atoms with van der Waals surface area (Å²) in [7, 11) is 0. The van der Waals surface area contributed by atoms with Crippen LogP contribution < -0.4 is 11.1 Å². The smallest absolute Gasteiger partial charge is 0.360 e. The molecule has 0 saturated heterocycles. The van der Waals surface area contributed by atoms with E-state index in [2.05, 4.69) is 5.32 Å². The normalized spacial score (nSPS) is 13.0. The number of hydrogen-bond acceptors (Lipinski definition) is 5. The number of carbonyl (C=O) groups excluding carboxylic acids is 3. The lowest BCUT2D eigenvalue weighted by Gasteiger charge is -2.25. The van der Waals surface area contributed by atoms with Gasteiger partial charge in [0, 0.05) is 6.42 Å². The number of benzene rings is 1. The maximum absolute atomic E-state index is 12.4. The van der Waals surface area contributed by atoms with Gasteiger partial charge in [0.05, 0.1) is 6.54 Å². The topological polar surface area (TPSA) is 122 Å². The first-order valence-corrected chi connectivity index (χ1v) is 8.01. The van der Waals surface area contributed by atoms with Gasteiger partial charge in [0.15, 0.2) is 6.10 Å².